The quantitative estimate of drug-likeness (QED) is 0.316. The van der Waals surface area contributed by atoms with Crippen molar-refractivity contribution in [1.29, 1.82) is 0 Å². The minimum atomic E-state index is -0.250. The molecule has 1 saturated heterocycles. The molecular weight excluding hydrogens is 592 g/mol. The van der Waals surface area contributed by atoms with Gasteiger partial charge in [0, 0.05) is 25.0 Å². The van der Waals surface area contributed by atoms with E-state index in [9.17, 15) is 9.90 Å². The fraction of sp³-hybridized carbons (Fsp3) is 0.953. The van der Waals surface area contributed by atoms with Crippen molar-refractivity contribution in [3.05, 3.63) is 0 Å². The second-order valence-electron chi connectivity index (χ2n) is 21.5. The Bertz CT molecular complexity index is 1330. The zero-order chi connectivity index (χ0) is 34.3. The lowest BCUT2D eigenvalue weighted by Crippen LogP contribution is -2.68. The molecule has 2 amide bonds. The molecule has 10 unspecified atom stereocenters. The van der Waals surface area contributed by atoms with Gasteiger partial charge in [0.2, 0.25) is 11.8 Å². The Labute approximate surface area is 292 Å². The van der Waals surface area contributed by atoms with Crippen molar-refractivity contribution in [3.63, 3.8) is 0 Å². The maximum absolute atomic E-state index is 15.0. The first-order chi connectivity index (χ1) is 22.5. The lowest BCUT2D eigenvalue weighted by atomic mass is 9.32. The van der Waals surface area contributed by atoms with Gasteiger partial charge in [-0.05, 0) is 165 Å². The Morgan fingerprint density at radius 1 is 0.667 bits per heavy atom. The summed E-state index contributed by atoms with van der Waals surface area (Å²) in [5.41, 5.74) is 0.755. The summed E-state index contributed by atoms with van der Waals surface area (Å²) in [7, 11) is 0. The third-order valence-electron chi connectivity index (χ3n) is 19.3. The lowest BCUT2D eigenvalue weighted by molar-refractivity contribution is -0.248. The number of hydrogen-bond donors (Lipinski definition) is 2. The van der Waals surface area contributed by atoms with Crippen LogP contribution in [0, 0.1) is 73.4 Å². The number of hydrogen-bond acceptors (Lipinski definition) is 3. The van der Waals surface area contributed by atoms with Crippen LogP contribution in [0.2, 0.25) is 0 Å². The average Bonchev–Trinajstić information content (AvgIpc) is 3.66. The molecule has 1 aliphatic heterocycles. The molecule has 8 aliphatic rings. The van der Waals surface area contributed by atoms with Gasteiger partial charge in [-0.2, -0.15) is 0 Å². The SMILES string of the molecule is CC1(C2CCC3(C(=O)N[C@@H]4C[C@H](C(=O)N5CCCCC5)C4(C)C)CCC4(C)C(CCC5C6(C)CCC(O)C(C)(C)C6CCC54C)C23)CC1. The van der Waals surface area contributed by atoms with Crippen LogP contribution in [-0.4, -0.2) is 47.1 Å². The molecule has 48 heavy (non-hydrogen) atoms. The predicted molar refractivity (Wildman–Crippen MR) is 192 cm³/mol. The molecule has 0 bridgehead atoms. The summed E-state index contributed by atoms with van der Waals surface area (Å²) in [4.78, 5) is 30.7. The number of fused-ring (bicyclic) bond motifs is 7. The molecule has 1 heterocycles. The number of aliphatic hydroxyl groups is 1. The molecule has 5 heteroatoms. The fourth-order valence-electron chi connectivity index (χ4n) is 15.5. The van der Waals surface area contributed by atoms with Crippen molar-refractivity contribution < 1.29 is 14.7 Å². The number of piperidine rings is 1. The van der Waals surface area contributed by atoms with E-state index in [0.29, 0.717) is 46.8 Å². The number of carbonyl (C=O) groups is 2. The zero-order valence-corrected chi connectivity index (χ0v) is 32.1. The summed E-state index contributed by atoms with van der Waals surface area (Å²) in [6.07, 6.45) is 18.5. The fourth-order valence-corrected chi connectivity index (χ4v) is 15.5. The normalized spacial score (nSPS) is 51.3. The monoisotopic (exact) mass is 663 g/mol. The average molecular weight is 663 g/mol. The van der Waals surface area contributed by atoms with E-state index in [-0.39, 0.29) is 50.6 Å². The number of carbonyl (C=O) groups excluding carboxylic acids is 2. The van der Waals surface area contributed by atoms with E-state index < -0.39 is 0 Å². The van der Waals surface area contributed by atoms with Gasteiger partial charge in [-0.25, -0.2) is 0 Å². The van der Waals surface area contributed by atoms with Gasteiger partial charge in [0.1, 0.15) is 0 Å². The van der Waals surface area contributed by atoms with E-state index in [4.69, 9.17) is 0 Å². The van der Waals surface area contributed by atoms with E-state index in [1.165, 1.54) is 57.8 Å². The van der Waals surface area contributed by atoms with Crippen LogP contribution in [0.1, 0.15) is 158 Å². The van der Waals surface area contributed by atoms with Gasteiger partial charge in [-0.3, -0.25) is 9.59 Å². The molecule has 0 radical (unpaired) electrons. The first kappa shape index (κ1) is 34.0. The highest BCUT2D eigenvalue weighted by atomic mass is 16.3. The molecule has 0 aromatic carbocycles. The van der Waals surface area contributed by atoms with Crippen LogP contribution in [0.5, 0.6) is 0 Å². The minimum Gasteiger partial charge on any atom is -0.393 e. The summed E-state index contributed by atoms with van der Waals surface area (Å²) in [6.45, 7) is 21.6. The van der Waals surface area contributed by atoms with Gasteiger partial charge in [-0.15, -0.1) is 0 Å². The summed E-state index contributed by atoms with van der Waals surface area (Å²) in [5, 5.41) is 14.9. The number of likely N-dealkylation sites (tertiary alicyclic amines) is 1. The van der Waals surface area contributed by atoms with Gasteiger partial charge in [0.15, 0.2) is 0 Å². The second kappa shape index (κ2) is 10.7. The molecule has 0 aromatic heterocycles. The maximum atomic E-state index is 15.0. The largest absolute Gasteiger partial charge is 0.393 e. The molecule has 8 fully saturated rings. The van der Waals surface area contributed by atoms with Gasteiger partial charge in [-0.1, -0.05) is 55.4 Å². The summed E-state index contributed by atoms with van der Waals surface area (Å²) >= 11 is 0. The van der Waals surface area contributed by atoms with Crippen LogP contribution < -0.4 is 5.32 Å². The van der Waals surface area contributed by atoms with E-state index in [0.717, 1.165) is 58.0 Å². The number of rotatable bonds is 4. The Hall–Kier alpha value is -1.10. The Morgan fingerprint density at radius 2 is 1.38 bits per heavy atom. The highest BCUT2D eigenvalue weighted by molar-refractivity contribution is 5.86. The first-order valence-electron chi connectivity index (χ1n) is 20.7. The molecule has 7 aliphatic carbocycles. The standard InChI is InChI=1S/C43H70N2O3/c1-37(2)29(35(47)45-24-10-9-11-25-45)26-32(37)44-36(48)43-19-14-27(39(5)20-21-39)34(43)28-12-13-31-40(6)17-16-33(46)38(3,4)30(40)15-18-42(31,8)41(28,7)22-23-43/h27-34,46H,9-26H2,1-8H3,(H,44,48)/t27?,28?,29-,30?,31?,32-,33?,34?,40?,41?,42?,43?/m1/s1. The van der Waals surface area contributed by atoms with E-state index in [1.807, 2.05) is 0 Å². The van der Waals surface area contributed by atoms with E-state index >= 15 is 4.79 Å². The predicted octanol–water partition coefficient (Wildman–Crippen LogP) is 8.77. The van der Waals surface area contributed by atoms with Crippen LogP contribution >= 0.6 is 0 Å². The highest BCUT2D eigenvalue weighted by Crippen LogP contribution is 2.79. The van der Waals surface area contributed by atoms with Crippen molar-refractivity contribution >= 4 is 11.8 Å². The Morgan fingerprint density at radius 3 is 2.04 bits per heavy atom. The third-order valence-corrected chi connectivity index (χ3v) is 19.3. The molecule has 0 aromatic rings. The van der Waals surface area contributed by atoms with Crippen LogP contribution in [0.3, 0.4) is 0 Å². The van der Waals surface area contributed by atoms with Crippen LogP contribution in [0.25, 0.3) is 0 Å². The van der Waals surface area contributed by atoms with Gasteiger partial charge >= 0.3 is 0 Å². The van der Waals surface area contributed by atoms with Crippen LogP contribution in [0.4, 0.5) is 0 Å². The van der Waals surface area contributed by atoms with E-state index in [1.54, 1.807) is 0 Å². The maximum Gasteiger partial charge on any atom is 0.226 e. The van der Waals surface area contributed by atoms with Gasteiger partial charge in [0.25, 0.3) is 0 Å². The Kier molecular flexibility index (Phi) is 7.60. The number of amides is 2. The number of nitrogens with zero attached hydrogens (tertiary/aromatic N) is 1. The van der Waals surface area contributed by atoms with Crippen LogP contribution in [0.15, 0.2) is 0 Å². The van der Waals surface area contributed by atoms with Crippen molar-refractivity contribution in [3.8, 4) is 0 Å². The molecule has 270 valence electrons. The smallest absolute Gasteiger partial charge is 0.226 e. The summed E-state index contributed by atoms with van der Waals surface area (Å²) in [5.74, 6) is 3.74. The molecule has 5 nitrogen and oxygen atoms in total. The molecule has 12 atom stereocenters. The minimum absolute atomic E-state index is 0.0182. The van der Waals surface area contributed by atoms with E-state index in [2.05, 4.69) is 65.6 Å². The summed E-state index contributed by atoms with van der Waals surface area (Å²) < 4.78 is 0. The van der Waals surface area contributed by atoms with Crippen molar-refractivity contribution in [2.24, 2.45) is 73.4 Å². The first-order valence-corrected chi connectivity index (χ1v) is 20.7. The highest BCUT2D eigenvalue weighted by Gasteiger charge is 2.73. The van der Waals surface area contributed by atoms with Gasteiger partial charge < -0.3 is 15.3 Å². The van der Waals surface area contributed by atoms with Crippen molar-refractivity contribution in [1.82, 2.24) is 10.2 Å². The Balaban J connectivity index is 1.07. The summed E-state index contributed by atoms with van der Waals surface area (Å²) in [6, 6.07) is 0.0936. The molecule has 8 rings (SSSR count). The zero-order valence-electron chi connectivity index (χ0n) is 32.1. The topological polar surface area (TPSA) is 69.6 Å². The number of nitrogens with one attached hydrogen (secondary N) is 1. The molecule has 2 N–H and O–H groups in total. The number of aliphatic hydroxyl groups excluding tert-OH is 1. The van der Waals surface area contributed by atoms with Crippen LogP contribution in [-0.2, 0) is 9.59 Å². The lowest BCUT2D eigenvalue weighted by Gasteiger charge is -2.73. The van der Waals surface area contributed by atoms with Crippen molar-refractivity contribution in [2.45, 2.75) is 170 Å². The van der Waals surface area contributed by atoms with Gasteiger partial charge in [0.05, 0.1) is 11.5 Å². The molecular formula is C43H70N2O3. The molecule has 0 spiro atoms. The second-order valence-corrected chi connectivity index (χ2v) is 21.5. The van der Waals surface area contributed by atoms with Crippen molar-refractivity contribution in [2.75, 3.05) is 13.1 Å². The third kappa shape index (κ3) is 4.36. The molecule has 7 saturated carbocycles.